The van der Waals surface area contributed by atoms with Gasteiger partial charge < -0.3 is 4.74 Å². The second kappa shape index (κ2) is 3.54. The molecule has 1 N–H and O–H groups in total. The maximum absolute atomic E-state index is 8.43. The SMILES string of the molecule is N#CCc1nc(C2CCOC2)n[nH]1. The lowest BCUT2D eigenvalue weighted by Crippen LogP contribution is -1.99. The molecule has 0 aromatic carbocycles. The molecule has 1 atom stereocenters. The zero-order valence-corrected chi connectivity index (χ0v) is 7.16. The third-order valence-corrected chi connectivity index (χ3v) is 2.09. The molecule has 1 unspecified atom stereocenters. The molecule has 5 nitrogen and oxygen atoms in total. The van der Waals surface area contributed by atoms with Crippen LogP contribution in [0.2, 0.25) is 0 Å². The molecule has 0 amide bonds. The van der Waals surface area contributed by atoms with Gasteiger partial charge >= 0.3 is 0 Å². The Bertz CT molecular complexity index is 321. The topological polar surface area (TPSA) is 74.6 Å². The average molecular weight is 178 g/mol. The van der Waals surface area contributed by atoms with Crippen molar-refractivity contribution >= 4 is 0 Å². The Hall–Kier alpha value is -1.41. The Morgan fingerprint density at radius 2 is 2.62 bits per heavy atom. The number of H-pyrrole nitrogens is 1. The Morgan fingerprint density at radius 3 is 3.31 bits per heavy atom. The summed E-state index contributed by atoms with van der Waals surface area (Å²) in [5.41, 5.74) is 0. The van der Waals surface area contributed by atoms with Crippen LogP contribution in [0.15, 0.2) is 0 Å². The number of hydrogen-bond donors (Lipinski definition) is 1. The summed E-state index contributed by atoms with van der Waals surface area (Å²) in [4.78, 5) is 4.21. The third kappa shape index (κ3) is 1.68. The molecule has 1 aliphatic heterocycles. The van der Waals surface area contributed by atoms with Gasteiger partial charge in [0.05, 0.1) is 19.1 Å². The van der Waals surface area contributed by atoms with Gasteiger partial charge in [0, 0.05) is 12.5 Å². The fraction of sp³-hybridized carbons (Fsp3) is 0.625. The molecular formula is C8H10N4O. The Labute approximate surface area is 75.7 Å². The average Bonchev–Trinajstić information content (AvgIpc) is 2.70. The number of rotatable bonds is 2. The largest absolute Gasteiger partial charge is 0.381 e. The Kier molecular flexibility index (Phi) is 2.23. The summed E-state index contributed by atoms with van der Waals surface area (Å²) in [5, 5.41) is 15.2. The molecule has 0 aliphatic carbocycles. The van der Waals surface area contributed by atoms with Crippen LogP contribution in [0.3, 0.4) is 0 Å². The monoisotopic (exact) mass is 178 g/mol. The molecule has 1 saturated heterocycles. The number of hydrogen-bond acceptors (Lipinski definition) is 4. The molecule has 1 aromatic heterocycles. The summed E-state index contributed by atoms with van der Waals surface area (Å²) < 4.78 is 5.22. The summed E-state index contributed by atoms with van der Waals surface area (Å²) in [7, 11) is 0. The van der Waals surface area contributed by atoms with Gasteiger partial charge in [0.1, 0.15) is 5.82 Å². The lowest BCUT2D eigenvalue weighted by atomic mass is 10.1. The molecule has 2 rings (SSSR count). The molecular weight excluding hydrogens is 168 g/mol. The van der Waals surface area contributed by atoms with Crippen LogP contribution in [0.4, 0.5) is 0 Å². The van der Waals surface area contributed by atoms with Crippen molar-refractivity contribution in [3.63, 3.8) is 0 Å². The van der Waals surface area contributed by atoms with Gasteiger partial charge in [-0.1, -0.05) is 0 Å². The van der Waals surface area contributed by atoms with Gasteiger partial charge in [0.15, 0.2) is 5.82 Å². The van der Waals surface area contributed by atoms with E-state index >= 15 is 0 Å². The minimum atomic E-state index is 0.292. The Morgan fingerprint density at radius 1 is 1.69 bits per heavy atom. The minimum absolute atomic E-state index is 0.292. The first-order valence-electron chi connectivity index (χ1n) is 4.26. The van der Waals surface area contributed by atoms with Crippen LogP contribution in [0.5, 0.6) is 0 Å². The van der Waals surface area contributed by atoms with E-state index in [1.54, 1.807) is 0 Å². The van der Waals surface area contributed by atoms with Gasteiger partial charge in [0.2, 0.25) is 0 Å². The standard InChI is InChI=1S/C8H10N4O/c9-3-1-7-10-8(12-11-7)6-2-4-13-5-6/h6H,1-2,4-5H2,(H,10,11,12). The van der Waals surface area contributed by atoms with Crippen LogP contribution in [-0.4, -0.2) is 28.4 Å². The van der Waals surface area contributed by atoms with Gasteiger partial charge in [-0.3, -0.25) is 5.10 Å². The second-order valence-electron chi connectivity index (χ2n) is 3.04. The van der Waals surface area contributed by atoms with Gasteiger partial charge in [-0.2, -0.15) is 10.4 Å². The summed E-state index contributed by atoms with van der Waals surface area (Å²) in [5.74, 6) is 1.73. The van der Waals surface area contributed by atoms with Crippen molar-refractivity contribution in [2.75, 3.05) is 13.2 Å². The number of nitriles is 1. The molecule has 13 heavy (non-hydrogen) atoms. The van der Waals surface area contributed by atoms with Crippen LogP contribution in [0.25, 0.3) is 0 Å². The van der Waals surface area contributed by atoms with E-state index in [0.29, 0.717) is 24.8 Å². The first-order valence-corrected chi connectivity index (χ1v) is 4.26. The van der Waals surface area contributed by atoms with E-state index in [0.717, 1.165) is 18.9 Å². The first kappa shape index (κ1) is 8.20. The van der Waals surface area contributed by atoms with Gasteiger partial charge in [-0.05, 0) is 6.42 Å². The van der Waals surface area contributed by atoms with E-state index in [4.69, 9.17) is 10.00 Å². The third-order valence-electron chi connectivity index (χ3n) is 2.09. The molecule has 1 fully saturated rings. The van der Waals surface area contributed by atoms with Gasteiger partial charge in [-0.15, -0.1) is 0 Å². The molecule has 68 valence electrons. The maximum Gasteiger partial charge on any atom is 0.156 e. The van der Waals surface area contributed by atoms with Crippen molar-refractivity contribution < 1.29 is 4.74 Å². The van der Waals surface area contributed by atoms with E-state index in [1.807, 2.05) is 6.07 Å². The Balaban J connectivity index is 2.08. The normalized spacial score (nSPS) is 21.6. The van der Waals surface area contributed by atoms with Crippen molar-refractivity contribution in [2.24, 2.45) is 0 Å². The van der Waals surface area contributed by atoms with E-state index in [2.05, 4.69) is 15.2 Å². The van der Waals surface area contributed by atoms with Crippen LogP contribution in [0, 0.1) is 11.3 Å². The predicted molar refractivity (Wildman–Crippen MR) is 43.9 cm³/mol. The summed E-state index contributed by atoms with van der Waals surface area (Å²) in [6.07, 6.45) is 1.27. The van der Waals surface area contributed by atoms with E-state index < -0.39 is 0 Å². The molecule has 1 aromatic rings. The van der Waals surface area contributed by atoms with Crippen LogP contribution in [0.1, 0.15) is 24.0 Å². The number of nitrogens with one attached hydrogen (secondary N) is 1. The molecule has 0 radical (unpaired) electrons. The first-order chi connectivity index (χ1) is 6.40. The van der Waals surface area contributed by atoms with Crippen molar-refractivity contribution in [1.29, 1.82) is 5.26 Å². The van der Waals surface area contributed by atoms with Crippen LogP contribution < -0.4 is 0 Å². The van der Waals surface area contributed by atoms with E-state index in [1.165, 1.54) is 0 Å². The predicted octanol–water partition coefficient (Wildman–Crippen LogP) is 0.375. The molecule has 0 saturated carbocycles. The maximum atomic E-state index is 8.43. The quantitative estimate of drug-likeness (QED) is 0.710. The molecule has 1 aliphatic rings. The van der Waals surface area contributed by atoms with Crippen molar-refractivity contribution in [3.05, 3.63) is 11.6 Å². The zero-order valence-electron chi connectivity index (χ0n) is 7.16. The van der Waals surface area contributed by atoms with Crippen molar-refractivity contribution in [3.8, 4) is 6.07 Å². The number of ether oxygens (including phenoxy) is 1. The van der Waals surface area contributed by atoms with E-state index in [-0.39, 0.29) is 0 Å². The molecule has 0 spiro atoms. The summed E-state index contributed by atoms with van der Waals surface area (Å²) >= 11 is 0. The number of nitrogens with zero attached hydrogens (tertiary/aromatic N) is 3. The lowest BCUT2D eigenvalue weighted by Gasteiger charge is -1.98. The lowest BCUT2D eigenvalue weighted by molar-refractivity contribution is 0.193. The molecule has 0 bridgehead atoms. The van der Waals surface area contributed by atoms with Crippen LogP contribution >= 0.6 is 0 Å². The highest BCUT2D eigenvalue weighted by Crippen LogP contribution is 2.21. The highest BCUT2D eigenvalue weighted by atomic mass is 16.5. The van der Waals surface area contributed by atoms with Gasteiger partial charge in [0.25, 0.3) is 0 Å². The fourth-order valence-electron chi connectivity index (χ4n) is 1.38. The smallest absolute Gasteiger partial charge is 0.156 e. The zero-order chi connectivity index (χ0) is 9.10. The van der Waals surface area contributed by atoms with Crippen molar-refractivity contribution in [1.82, 2.24) is 15.2 Å². The molecule has 5 heteroatoms. The van der Waals surface area contributed by atoms with E-state index in [9.17, 15) is 0 Å². The van der Waals surface area contributed by atoms with Crippen molar-refractivity contribution in [2.45, 2.75) is 18.8 Å². The second-order valence-corrected chi connectivity index (χ2v) is 3.04. The fourth-order valence-corrected chi connectivity index (χ4v) is 1.38. The number of aromatic amines is 1. The molecule has 2 heterocycles. The minimum Gasteiger partial charge on any atom is -0.381 e. The summed E-state index contributed by atoms with van der Waals surface area (Å²) in [6.45, 7) is 1.48. The van der Waals surface area contributed by atoms with Crippen LogP contribution in [-0.2, 0) is 11.2 Å². The number of aromatic nitrogens is 3. The van der Waals surface area contributed by atoms with Gasteiger partial charge in [-0.25, -0.2) is 4.98 Å². The summed E-state index contributed by atoms with van der Waals surface area (Å²) in [6, 6.07) is 2.02. The highest BCUT2D eigenvalue weighted by molar-refractivity contribution is 5.02. The highest BCUT2D eigenvalue weighted by Gasteiger charge is 2.21.